The Kier molecular flexibility index (Phi) is 7.10. The summed E-state index contributed by atoms with van der Waals surface area (Å²) in [5.41, 5.74) is 7.84. The molecule has 0 radical (unpaired) electrons. The van der Waals surface area contributed by atoms with Crippen LogP contribution in [-0.2, 0) is 9.53 Å². The average Bonchev–Trinajstić information content (AvgIpc) is 2.98. The van der Waals surface area contributed by atoms with Gasteiger partial charge in [0.05, 0.1) is 24.2 Å². The zero-order valence-electron chi connectivity index (χ0n) is 15.4. The number of ether oxygens (including phenoxy) is 1. The highest BCUT2D eigenvalue weighted by Crippen LogP contribution is 2.15. The van der Waals surface area contributed by atoms with Gasteiger partial charge in [0.2, 0.25) is 0 Å². The molecule has 2 rings (SSSR count). The highest BCUT2D eigenvalue weighted by Gasteiger charge is 2.18. The zero-order chi connectivity index (χ0) is 18.3. The Morgan fingerprint density at radius 2 is 1.54 bits per heavy atom. The van der Waals surface area contributed by atoms with Crippen LogP contribution in [-0.4, -0.2) is 27.1 Å². The highest BCUT2D eigenvalue weighted by molar-refractivity contribution is 5.77. The van der Waals surface area contributed by atoms with Crippen molar-refractivity contribution in [1.29, 1.82) is 0 Å². The van der Waals surface area contributed by atoms with E-state index in [0.29, 0.717) is 11.0 Å². The first kappa shape index (κ1) is 19.8. The van der Waals surface area contributed by atoms with Gasteiger partial charge in [-0.05, 0) is 37.0 Å². The molecule has 0 fully saturated rings. The Hall–Kier alpha value is -2.21. The third-order valence-electron chi connectivity index (χ3n) is 2.51. The Bertz CT molecular complexity index is 607. The van der Waals surface area contributed by atoms with E-state index in [4.69, 9.17) is 10.5 Å². The molecular formula is C18H28N4O2. The maximum Gasteiger partial charge on any atom is 0.327 e. The van der Waals surface area contributed by atoms with Crippen LogP contribution in [0.15, 0.2) is 36.7 Å². The second-order valence-corrected chi connectivity index (χ2v) is 7.37. The van der Waals surface area contributed by atoms with Crippen molar-refractivity contribution in [2.45, 2.75) is 53.7 Å². The van der Waals surface area contributed by atoms with E-state index in [-0.39, 0.29) is 6.10 Å². The van der Waals surface area contributed by atoms with Crippen LogP contribution in [0.2, 0.25) is 0 Å². The van der Waals surface area contributed by atoms with Crippen molar-refractivity contribution >= 4 is 5.97 Å². The topological polar surface area (TPSA) is 83.0 Å². The SMILES string of the molecule is CC(C)(C)C.CC(C)OC(=O)C(N)c1ccc(-n2nccn2)cc1. The molecule has 6 nitrogen and oxygen atoms in total. The molecule has 1 heterocycles. The lowest BCUT2D eigenvalue weighted by Crippen LogP contribution is -2.26. The molecule has 0 aliphatic carbocycles. The first-order chi connectivity index (χ1) is 11.1. The summed E-state index contributed by atoms with van der Waals surface area (Å²) in [5, 5.41) is 8.04. The molecule has 0 aliphatic rings. The van der Waals surface area contributed by atoms with E-state index in [1.807, 2.05) is 0 Å². The van der Waals surface area contributed by atoms with Gasteiger partial charge in [0, 0.05) is 0 Å². The third kappa shape index (κ3) is 7.37. The fourth-order valence-electron chi connectivity index (χ4n) is 1.61. The van der Waals surface area contributed by atoms with Crippen LogP contribution < -0.4 is 5.73 Å². The number of aromatic nitrogens is 3. The summed E-state index contributed by atoms with van der Waals surface area (Å²) in [6, 6.07) is 6.37. The summed E-state index contributed by atoms with van der Waals surface area (Å²) in [6.45, 7) is 12.3. The number of carbonyl (C=O) groups is 1. The molecule has 0 saturated carbocycles. The molecule has 1 unspecified atom stereocenters. The minimum Gasteiger partial charge on any atom is -0.462 e. The summed E-state index contributed by atoms with van der Waals surface area (Å²) in [7, 11) is 0. The van der Waals surface area contributed by atoms with E-state index in [1.165, 1.54) is 4.80 Å². The smallest absolute Gasteiger partial charge is 0.327 e. The van der Waals surface area contributed by atoms with Crippen LogP contribution in [0.25, 0.3) is 5.69 Å². The largest absolute Gasteiger partial charge is 0.462 e. The first-order valence-corrected chi connectivity index (χ1v) is 8.00. The number of rotatable bonds is 4. The van der Waals surface area contributed by atoms with Crippen molar-refractivity contribution in [2.24, 2.45) is 11.1 Å². The maximum atomic E-state index is 11.7. The minimum absolute atomic E-state index is 0.175. The quantitative estimate of drug-likeness (QED) is 0.869. The van der Waals surface area contributed by atoms with Gasteiger partial charge in [0.15, 0.2) is 0 Å². The molecule has 0 amide bonds. The van der Waals surface area contributed by atoms with Crippen LogP contribution in [0.3, 0.4) is 0 Å². The summed E-state index contributed by atoms with van der Waals surface area (Å²) in [5.74, 6) is -0.431. The van der Waals surface area contributed by atoms with Crippen molar-refractivity contribution in [2.75, 3.05) is 0 Å². The highest BCUT2D eigenvalue weighted by atomic mass is 16.5. The second-order valence-electron chi connectivity index (χ2n) is 7.37. The molecular weight excluding hydrogens is 304 g/mol. The van der Waals surface area contributed by atoms with Gasteiger partial charge in [-0.2, -0.15) is 15.0 Å². The molecule has 6 heteroatoms. The van der Waals surface area contributed by atoms with Crippen LogP contribution in [0, 0.1) is 5.41 Å². The molecule has 0 bridgehead atoms. The normalized spacial score (nSPS) is 12.3. The van der Waals surface area contributed by atoms with Gasteiger partial charge in [-0.15, -0.1) is 0 Å². The Balaban J connectivity index is 0.000000505. The predicted molar refractivity (Wildman–Crippen MR) is 94.6 cm³/mol. The molecule has 1 aromatic carbocycles. The number of nitrogens with zero attached hydrogens (tertiary/aromatic N) is 3. The van der Waals surface area contributed by atoms with Gasteiger partial charge in [-0.1, -0.05) is 39.8 Å². The lowest BCUT2D eigenvalue weighted by atomic mass is 10.0. The molecule has 0 aliphatic heterocycles. The number of hydrogen-bond donors (Lipinski definition) is 1. The van der Waals surface area contributed by atoms with E-state index in [9.17, 15) is 4.79 Å². The third-order valence-corrected chi connectivity index (χ3v) is 2.51. The van der Waals surface area contributed by atoms with Crippen LogP contribution >= 0.6 is 0 Å². The van der Waals surface area contributed by atoms with Crippen LogP contribution in [0.1, 0.15) is 53.1 Å². The molecule has 1 aromatic heterocycles. The Labute approximate surface area is 144 Å². The van der Waals surface area contributed by atoms with Gasteiger partial charge in [-0.3, -0.25) is 0 Å². The van der Waals surface area contributed by atoms with Crippen LogP contribution in [0.5, 0.6) is 0 Å². The van der Waals surface area contributed by atoms with E-state index in [1.54, 1.807) is 50.5 Å². The Morgan fingerprint density at radius 1 is 1.08 bits per heavy atom. The second kappa shape index (κ2) is 8.59. The number of esters is 1. The van der Waals surface area contributed by atoms with E-state index < -0.39 is 12.0 Å². The van der Waals surface area contributed by atoms with E-state index >= 15 is 0 Å². The summed E-state index contributed by atoms with van der Waals surface area (Å²) >= 11 is 0. The molecule has 24 heavy (non-hydrogen) atoms. The summed E-state index contributed by atoms with van der Waals surface area (Å²) in [4.78, 5) is 13.2. The van der Waals surface area contributed by atoms with Gasteiger partial charge in [-0.25, -0.2) is 4.79 Å². The molecule has 2 aromatic rings. The van der Waals surface area contributed by atoms with E-state index in [2.05, 4.69) is 37.9 Å². The maximum absolute atomic E-state index is 11.7. The fraction of sp³-hybridized carbons (Fsp3) is 0.500. The number of hydrogen-bond acceptors (Lipinski definition) is 5. The number of benzene rings is 1. The first-order valence-electron chi connectivity index (χ1n) is 8.00. The number of carbonyl (C=O) groups excluding carboxylic acids is 1. The molecule has 0 spiro atoms. The predicted octanol–water partition coefficient (Wildman–Crippen LogP) is 3.27. The lowest BCUT2D eigenvalue weighted by molar-refractivity contribution is -0.149. The molecule has 0 saturated heterocycles. The van der Waals surface area contributed by atoms with Gasteiger partial charge in [0.1, 0.15) is 6.04 Å². The summed E-state index contributed by atoms with van der Waals surface area (Å²) in [6.07, 6.45) is 3.02. The molecule has 1 atom stereocenters. The molecule has 2 N–H and O–H groups in total. The van der Waals surface area contributed by atoms with Gasteiger partial charge >= 0.3 is 5.97 Å². The van der Waals surface area contributed by atoms with Crippen molar-refractivity contribution < 1.29 is 9.53 Å². The monoisotopic (exact) mass is 332 g/mol. The van der Waals surface area contributed by atoms with Crippen LogP contribution in [0.4, 0.5) is 0 Å². The van der Waals surface area contributed by atoms with Crippen molar-refractivity contribution in [3.8, 4) is 5.69 Å². The fourth-order valence-corrected chi connectivity index (χ4v) is 1.61. The minimum atomic E-state index is -0.776. The van der Waals surface area contributed by atoms with Gasteiger partial charge < -0.3 is 10.5 Å². The lowest BCUT2D eigenvalue weighted by Gasteiger charge is -2.14. The standard InChI is InChI=1S/C13H16N4O2.C5H12/c1-9(2)19-13(18)12(14)10-3-5-11(6-4-10)17-15-7-8-16-17;1-5(2,3)4/h3-9,12H,14H2,1-2H3;1-4H3. The Morgan fingerprint density at radius 3 is 1.96 bits per heavy atom. The average molecular weight is 332 g/mol. The van der Waals surface area contributed by atoms with E-state index in [0.717, 1.165) is 5.69 Å². The van der Waals surface area contributed by atoms with Crippen molar-refractivity contribution in [3.63, 3.8) is 0 Å². The molecule has 132 valence electrons. The van der Waals surface area contributed by atoms with Crippen molar-refractivity contribution in [1.82, 2.24) is 15.0 Å². The summed E-state index contributed by atoms with van der Waals surface area (Å²) < 4.78 is 5.08. The number of nitrogens with two attached hydrogens (primary N) is 1. The van der Waals surface area contributed by atoms with Crippen molar-refractivity contribution in [3.05, 3.63) is 42.2 Å². The zero-order valence-corrected chi connectivity index (χ0v) is 15.4. The van der Waals surface area contributed by atoms with Gasteiger partial charge in [0.25, 0.3) is 0 Å².